The van der Waals surface area contributed by atoms with Crippen molar-refractivity contribution in [1.29, 1.82) is 0 Å². The molecule has 1 aromatic carbocycles. The van der Waals surface area contributed by atoms with Crippen molar-refractivity contribution in [2.75, 3.05) is 6.54 Å². The average molecular weight is 286 g/mol. The normalized spacial score (nSPS) is 13.4. The summed E-state index contributed by atoms with van der Waals surface area (Å²) in [5, 5.41) is 5.74. The minimum absolute atomic E-state index is 0.133. The molecule has 1 heterocycles. The monoisotopic (exact) mass is 286 g/mol. The lowest BCUT2D eigenvalue weighted by atomic mass is 9.98. The Morgan fingerprint density at radius 2 is 1.90 bits per heavy atom. The number of hydrogen-bond donors (Lipinski definition) is 2. The number of urea groups is 1. The fraction of sp³-hybridized carbons (Fsp3) is 0.353. The lowest BCUT2D eigenvalue weighted by Gasteiger charge is -2.15. The van der Waals surface area contributed by atoms with Gasteiger partial charge in [0.2, 0.25) is 0 Å². The highest BCUT2D eigenvalue weighted by Crippen LogP contribution is 2.17. The summed E-state index contributed by atoms with van der Waals surface area (Å²) in [5.74, 6) is 1.18. The second kappa shape index (κ2) is 7.53. The molecule has 2 N–H and O–H groups in total. The molecule has 0 spiro atoms. The predicted octanol–water partition coefficient (Wildman–Crippen LogP) is 3.83. The fourth-order valence-corrected chi connectivity index (χ4v) is 2.21. The van der Waals surface area contributed by atoms with Crippen molar-refractivity contribution in [2.45, 2.75) is 32.2 Å². The van der Waals surface area contributed by atoms with Crippen molar-refractivity contribution in [2.24, 2.45) is 0 Å². The number of amides is 2. The van der Waals surface area contributed by atoms with E-state index in [-0.39, 0.29) is 12.1 Å². The molecule has 2 aromatic rings. The zero-order valence-corrected chi connectivity index (χ0v) is 12.5. The van der Waals surface area contributed by atoms with Gasteiger partial charge >= 0.3 is 6.03 Å². The van der Waals surface area contributed by atoms with E-state index in [1.807, 2.05) is 37.3 Å². The van der Waals surface area contributed by atoms with Gasteiger partial charge in [0.05, 0.1) is 12.3 Å². The molecule has 2 rings (SSSR count). The molecule has 21 heavy (non-hydrogen) atoms. The first-order valence-electron chi connectivity index (χ1n) is 7.29. The maximum atomic E-state index is 11.8. The van der Waals surface area contributed by atoms with Crippen molar-refractivity contribution in [3.8, 4) is 0 Å². The summed E-state index contributed by atoms with van der Waals surface area (Å²) in [4.78, 5) is 11.8. The number of benzene rings is 1. The molecule has 0 aliphatic rings. The van der Waals surface area contributed by atoms with Crippen molar-refractivity contribution in [3.63, 3.8) is 0 Å². The highest BCUT2D eigenvalue weighted by atomic mass is 16.3. The number of rotatable bonds is 6. The van der Waals surface area contributed by atoms with Crippen LogP contribution in [0.1, 0.15) is 43.6 Å². The van der Waals surface area contributed by atoms with Crippen LogP contribution in [-0.2, 0) is 0 Å². The summed E-state index contributed by atoms with van der Waals surface area (Å²) in [6.45, 7) is 4.71. The lowest BCUT2D eigenvalue weighted by molar-refractivity contribution is 0.236. The smallest absolute Gasteiger partial charge is 0.315 e. The Balaban J connectivity index is 1.70. The summed E-state index contributed by atoms with van der Waals surface area (Å²) >= 11 is 0. The number of nitrogens with one attached hydrogen (secondary N) is 2. The zero-order valence-electron chi connectivity index (χ0n) is 12.5. The fourth-order valence-electron chi connectivity index (χ4n) is 2.21. The number of carbonyl (C=O) groups excluding carboxylic acids is 1. The van der Waals surface area contributed by atoms with Gasteiger partial charge in [0.25, 0.3) is 0 Å². The van der Waals surface area contributed by atoms with Crippen LogP contribution in [0.3, 0.4) is 0 Å². The van der Waals surface area contributed by atoms with Crippen LogP contribution in [0, 0.1) is 0 Å². The van der Waals surface area contributed by atoms with E-state index in [0.717, 1.165) is 12.2 Å². The van der Waals surface area contributed by atoms with Crippen LogP contribution in [0.5, 0.6) is 0 Å². The van der Waals surface area contributed by atoms with Crippen LogP contribution >= 0.6 is 0 Å². The maximum absolute atomic E-state index is 11.8. The van der Waals surface area contributed by atoms with Crippen LogP contribution < -0.4 is 10.6 Å². The van der Waals surface area contributed by atoms with Gasteiger partial charge in [-0.1, -0.05) is 37.3 Å². The van der Waals surface area contributed by atoms with Crippen molar-refractivity contribution in [1.82, 2.24) is 10.6 Å². The largest absolute Gasteiger partial charge is 0.467 e. The Morgan fingerprint density at radius 1 is 1.14 bits per heavy atom. The lowest BCUT2D eigenvalue weighted by Crippen LogP contribution is -2.37. The van der Waals surface area contributed by atoms with E-state index in [9.17, 15) is 4.79 Å². The maximum Gasteiger partial charge on any atom is 0.315 e. The van der Waals surface area contributed by atoms with E-state index < -0.39 is 0 Å². The van der Waals surface area contributed by atoms with Gasteiger partial charge in [0.15, 0.2) is 0 Å². The van der Waals surface area contributed by atoms with Gasteiger partial charge in [-0.2, -0.15) is 0 Å². The molecule has 0 radical (unpaired) electrons. The molecule has 2 amide bonds. The third-order valence-corrected chi connectivity index (χ3v) is 3.55. The molecule has 0 aliphatic heterocycles. The Kier molecular flexibility index (Phi) is 5.43. The van der Waals surface area contributed by atoms with E-state index in [4.69, 9.17) is 4.42 Å². The predicted molar refractivity (Wildman–Crippen MR) is 83.1 cm³/mol. The molecule has 2 atom stereocenters. The molecule has 4 heteroatoms. The van der Waals surface area contributed by atoms with E-state index >= 15 is 0 Å². The second-order valence-corrected chi connectivity index (χ2v) is 5.24. The SMILES string of the molecule is CC(CCNC(=O)NC(C)c1ccco1)c1ccccc1. The average Bonchev–Trinajstić information content (AvgIpc) is 3.02. The topological polar surface area (TPSA) is 54.3 Å². The van der Waals surface area contributed by atoms with Crippen LogP contribution in [-0.4, -0.2) is 12.6 Å². The van der Waals surface area contributed by atoms with Crippen LogP contribution in [0.25, 0.3) is 0 Å². The van der Waals surface area contributed by atoms with E-state index in [0.29, 0.717) is 12.5 Å². The Bertz CT molecular complexity index is 537. The Morgan fingerprint density at radius 3 is 2.57 bits per heavy atom. The summed E-state index contributed by atoms with van der Waals surface area (Å²) in [7, 11) is 0. The molecule has 112 valence electrons. The molecular formula is C17H22N2O2. The third-order valence-electron chi connectivity index (χ3n) is 3.55. The van der Waals surface area contributed by atoms with Gasteiger partial charge in [0.1, 0.15) is 5.76 Å². The van der Waals surface area contributed by atoms with Gasteiger partial charge in [-0.25, -0.2) is 4.79 Å². The molecule has 0 saturated heterocycles. The highest BCUT2D eigenvalue weighted by molar-refractivity contribution is 5.74. The minimum Gasteiger partial charge on any atom is -0.467 e. The Labute approximate surface area is 125 Å². The van der Waals surface area contributed by atoms with Crippen molar-refractivity contribution < 1.29 is 9.21 Å². The van der Waals surface area contributed by atoms with Crippen molar-refractivity contribution in [3.05, 3.63) is 60.1 Å². The molecule has 1 aromatic heterocycles. The van der Waals surface area contributed by atoms with Crippen LogP contribution in [0.15, 0.2) is 53.1 Å². The van der Waals surface area contributed by atoms with E-state index in [2.05, 4.69) is 29.7 Å². The van der Waals surface area contributed by atoms with Crippen molar-refractivity contribution >= 4 is 6.03 Å². The molecule has 0 aliphatic carbocycles. The van der Waals surface area contributed by atoms with E-state index in [1.54, 1.807) is 6.26 Å². The first-order chi connectivity index (χ1) is 10.2. The number of hydrogen-bond acceptors (Lipinski definition) is 2. The molecule has 4 nitrogen and oxygen atoms in total. The first-order valence-corrected chi connectivity index (χ1v) is 7.29. The molecule has 0 saturated carbocycles. The van der Waals surface area contributed by atoms with Gasteiger partial charge < -0.3 is 15.1 Å². The Hall–Kier alpha value is -2.23. The number of carbonyl (C=O) groups is 1. The van der Waals surface area contributed by atoms with Crippen LogP contribution in [0.4, 0.5) is 4.79 Å². The standard InChI is InChI=1S/C17H22N2O2/c1-13(15-7-4-3-5-8-15)10-11-18-17(20)19-14(2)16-9-6-12-21-16/h3-9,12-14H,10-11H2,1-2H3,(H2,18,19,20). The summed E-state index contributed by atoms with van der Waals surface area (Å²) < 4.78 is 5.25. The molecule has 0 bridgehead atoms. The number of furan rings is 1. The minimum atomic E-state index is -0.167. The van der Waals surface area contributed by atoms with Crippen LogP contribution in [0.2, 0.25) is 0 Å². The van der Waals surface area contributed by atoms with Gasteiger partial charge in [0, 0.05) is 6.54 Å². The summed E-state index contributed by atoms with van der Waals surface area (Å²) in [6.07, 6.45) is 2.51. The van der Waals surface area contributed by atoms with Gasteiger partial charge in [-0.3, -0.25) is 0 Å². The zero-order chi connectivity index (χ0) is 15.1. The van der Waals surface area contributed by atoms with Gasteiger partial charge in [-0.05, 0) is 37.0 Å². The van der Waals surface area contributed by atoms with E-state index in [1.165, 1.54) is 5.56 Å². The summed E-state index contributed by atoms with van der Waals surface area (Å²) in [6, 6.07) is 13.7. The molecular weight excluding hydrogens is 264 g/mol. The summed E-state index contributed by atoms with van der Waals surface area (Å²) in [5.41, 5.74) is 1.30. The third kappa shape index (κ3) is 4.67. The quantitative estimate of drug-likeness (QED) is 0.848. The van der Waals surface area contributed by atoms with Gasteiger partial charge in [-0.15, -0.1) is 0 Å². The molecule has 0 fully saturated rings. The first kappa shape index (κ1) is 15.2. The highest BCUT2D eigenvalue weighted by Gasteiger charge is 2.11. The molecule has 2 unspecified atom stereocenters. The second-order valence-electron chi connectivity index (χ2n) is 5.24.